The summed E-state index contributed by atoms with van der Waals surface area (Å²) in [5.74, 6) is 0.294. The van der Waals surface area contributed by atoms with Crippen LogP contribution in [0.1, 0.15) is 46.0 Å². The predicted octanol–water partition coefficient (Wildman–Crippen LogP) is 2.48. The summed E-state index contributed by atoms with van der Waals surface area (Å²) >= 11 is 0. The van der Waals surface area contributed by atoms with Crippen LogP contribution in [0.15, 0.2) is 35.1 Å². The molecule has 0 aliphatic heterocycles. The fourth-order valence-electron chi connectivity index (χ4n) is 6.35. The number of allylic oxidation sites excluding steroid dienone is 5. The Morgan fingerprint density at radius 2 is 2.07 bits per heavy atom. The third kappa shape index (κ3) is 2.24. The second-order valence-corrected chi connectivity index (χ2v) is 8.96. The summed E-state index contributed by atoms with van der Waals surface area (Å²) in [6.45, 7) is 3.53. The average molecular weight is 372 g/mol. The second kappa shape index (κ2) is 5.89. The van der Waals surface area contributed by atoms with Crippen LogP contribution < -0.4 is 0 Å². The molecule has 0 bridgehead atoms. The van der Waals surface area contributed by atoms with Gasteiger partial charge in [-0.25, -0.2) is 0 Å². The molecule has 2 fully saturated rings. The van der Waals surface area contributed by atoms with E-state index in [4.69, 9.17) is 4.74 Å². The molecule has 4 rings (SSSR count). The van der Waals surface area contributed by atoms with E-state index in [9.17, 15) is 19.8 Å². The number of rotatable bonds is 3. The van der Waals surface area contributed by atoms with E-state index < -0.39 is 23.4 Å². The molecule has 5 heteroatoms. The van der Waals surface area contributed by atoms with Crippen LogP contribution in [-0.2, 0) is 14.3 Å². The van der Waals surface area contributed by atoms with Gasteiger partial charge in [0.2, 0.25) is 5.78 Å². The molecule has 27 heavy (non-hydrogen) atoms. The first kappa shape index (κ1) is 18.6. The first-order valence-corrected chi connectivity index (χ1v) is 9.80. The molecule has 0 aromatic heterocycles. The summed E-state index contributed by atoms with van der Waals surface area (Å²) in [6.07, 6.45) is 9.37. The zero-order chi connectivity index (χ0) is 19.6. The number of fused-ring (bicyclic) bond motifs is 5. The van der Waals surface area contributed by atoms with Crippen LogP contribution >= 0.6 is 0 Å². The maximum Gasteiger partial charge on any atom is 0.220 e. The topological polar surface area (TPSA) is 83.8 Å². The van der Waals surface area contributed by atoms with E-state index in [1.807, 2.05) is 13.0 Å². The van der Waals surface area contributed by atoms with Crippen molar-refractivity contribution in [3.63, 3.8) is 0 Å². The van der Waals surface area contributed by atoms with E-state index in [0.29, 0.717) is 18.6 Å². The van der Waals surface area contributed by atoms with Crippen molar-refractivity contribution in [2.45, 2.75) is 51.6 Å². The zero-order valence-corrected chi connectivity index (χ0v) is 16.2. The van der Waals surface area contributed by atoms with Gasteiger partial charge in [-0.2, -0.15) is 0 Å². The van der Waals surface area contributed by atoms with E-state index in [0.717, 1.165) is 24.8 Å². The Hall–Kier alpha value is -1.72. The SMILES string of the molecule is COC1=CC2(C)C(=CC1=O)CCC1C2=CCC2(C)C1CC[C@]2(O)C(=O)CO. The van der Waals surface area contributed by atoms with Crippen LogP contribution in [0.4, 0.5) is 0 Å². The van der Waals surface area contributed by atoms with Crippen LogP contribution in [0.25, 0.3) is 0 Å². The summed E-state index contributed by atoms with van der Waals surface area (Å²) in [4.78, 5) is 24.6. The Morgan fingerprint density at radius 1 is 1.33 bits per heavy atom. The van der Waals surface area contributed by atoms with Gasteiger partial charge in [0.1, 0.15) is 12.2 Å². The molecule has 5 atom stereocenters. The summed E-state index contributed by atoms with van der Waals surface area (Å²) < 4.78 is 5.31. The molecule has 2 N–H and O–H groups in total. The highest BCUT2D eigenvalue weighted by molar-refractivity contribution is 6.04. The van der Waals surface area contributed by atoms with Gasteiger partial charge in [0, 0.05) is 10.8 Å². The van der Waals surface area contributed by atoms with Crippen LogP contribution in [-0.4, -0.2) is 41.1 Å². The lowest BCUT2D eigenvalue weighted by molar-refractivity contribution is -0.155. The highest BCUT2D eigenvalue weighted by atomic mass is 16.5. The molecule has 4 aliphatic rings. The molecule has 0 radical (unpaired) electrons. The number of aliphatic hydroxyl groups is 2. The lowest BCUT2D eigenvalue weighted by Gasteiger charge is -2.53. The van der Waals surface area contributed by atoms with Gasteiger partial charge in [0.25, 0.3) is 0 Å². The van der Waals surface area contributed by atoms with Gasteiger partial charge < -0.3 is 14.9 Å². The fourth-order valence-corrected chi connectivity index (χ4v) is 6.35. The number of hydrogen-bond donors (Lipinski definition) is 2. The van der Waals surface area contributed by atoms with Crippen molar-refractivity contribution in [3.8, 4) is 0 Å². The largest absolute Gasteiger partial charge is 0.493 e. The highest BCUT2D eigenvalue weighted by Gasteiger charge is 2.64. The van der Waals surface area contributed by atoms with E-state index in [1.165, 1.54) is 12.7 Å². The van der Waals surface area contributed by atoms with Crippen LogP contribution in [0.5, 0.6) is 0 Å². The molecule has 4 unspecified atom stereocenters. The Kier molecular flexibility index (Phi) is 4.06. The molecule has 0 aromatic carbocycles. The van der Waals surface area contributed by atoms with Crippen LogP contribution in [0, 0.1) is 22.7 Å². The van der Waals surface area contributed by atoms with Crippen molar-refractivity contribution < 1.29 is 24.5 Å². The number of hydrogen-bond acceptors (Lipinski definition) is 5. The van der Waals surface area contributed by atoms with Crippen molar-refractivity contribution in [1.29, 1.82) is 0 Å². The lowest BCUT2D eigenvalue weighted by Crippen LogP contribution is -2.55. The highest BCUT2D eigenvalue weighted by Crippen LogP contribution is 2.65. The molecule has 0 spiro atoms. The first-order chi connectivity index (χ1) is 12.7. The minimum atomic E-state index is -1.46. The minimum absolute atomic E-state index is 0.0755. The van der Waals surface area contributed by atoms with E-state index in [2.05, 4.69) is 13.0 Å². The summed E-state index contributed by atoms with van der Waals surface area (Å²) in [6, 6.07) is 0. The van der Waals surface area contributed by atoms with Crippen molar-refractivity contribution in [1.82, 2.24) is 0 Å². The Labute approximate surface area is 159 Å². The molecule has 0 aromatic rings. The summed E-state index contributed by atoms with van der Waals surface area (Å²) in [5, 5.41) is 20.6. The van der Waals surface area contributed by atoms with Gasteiger partial charge in [-0.3, -0.25) is 9.59 Å². The number of methoxy groups -OCH3 is 1. The zero-order valence-electron chi connectivity index (χ0n) is 16.2. The van der Waals surface area contributed by atoms with Crippen molar-refractivity contribution in [2.24, 2.45) is 22.7 Å². The molecule has 0 heterocycles. The average Bonchev–Trinajstić information content (AvgIpc) is 2.93. The number of aliphatic hydroxyl groups excluding tert-OH is 1. The fraction of sp³-hybridized carbons (Fsp3) is 0.636. The van der Waals surface area contributed by atoms with E-state index in [1.54, 1.807) is 6.08 Å². The monoisotopic (exact) mass is 372 g/mol. The third-order valence-electron chi connectivity index (χ3n) is 8.00. The lowest BCUT2D eigenvalue weighted by atomic mass is 9.51. The normalized spacial score (nSPS) is 43.0. The van der Waals surface area contributed by atoms with Gasteiger partial charge in [-0.05, 0) is 63.0 Å². The number of Topliss-reactive ketones (excluding diaryl/α,β-unsaturated/α-hetero) is 1. The second-order valence-electron chi connectivity index (χ2n) is 8.96. The molecule has 4 aliphatic carbocycles. The van der Waals surface area contributed by atoms with Gasteiger partial charge in [0.05, 0.1) is 7.11 Å². The van der Waals surface area contributed by atoms with E-state index >= 15 is 0 Å². The molecular weight excluding hydrogens is 344 g/mol. The molecular formula is C22H28O5. The summed E-state index contributed by atoms with van der Waals surface area (Å²) in [7, 11) is 1.52. The van der Waals surface area contributed by atoms with Gasteiger partial charge in [0.15, 0.2) is 11.5 Å². The number of carbonyl (C=O) groups excluding carboxylic acids is 2. The van der Waals surface area contributed by atoms with Crippen molar-refractivity contribution >= 4 is 11.6 Å². The van der Waals surface area contributed by atoms with Gasteiger partial charge in [-0.1, -0.05) is 24.1 Å². The Bertz CT molecular complexity index is 806. The standard InChI is InChI=1S/C22H28O5/c1-20-11-18(27-3)17(24)10-13(20)4-5-14-15(20)6-8-21(2)16(14)7-9-22(21,26)19(25)12-23/h6,10-11,14,16,23,26H,4-5,7-9,12H2,1-3H3/t14?,16?,20?,21?,22-/m0/s1. The minimum Gasteiger partial charge on any atom is -0.493 e. The Morgan fingerprint density at radius 3 is 2.74 bits per heavy atom. The quantitative estimate of drug-likeness (QED) is 0.744. The maximum atomic E-state index is 12.4. The van der Waals surface area contributed by atoms with E-state index in [-0.39, 0.29) is 23.0 Å². The van der Waals surface area contributed by atoms with Crippen molar-refractivity contribution in [2.75, 3.05) is 13.7 Å². The molecule has 146 valence electrons. The smallest absolute Gasteiger partial charge is 0.220 e. The molecule has 0 amide bonds. The summed E-state index contributed by atoms with van der Waals surface area (Å²) in [5.41, 5.74) is 0.0492. The maximum absolute atomic E-state index is 12.4. The van der Waals surface area contributed by atoms with Crippen molar-refractivity contribution in [3.05, 3.63) is 35.1 Å². The number of ketones is 2. The Balaban J connectivity index is 1.78. The third-order valence-corrected chi connectivity index (χ3v) is 8.00. The molecule has 5 nitrogen and oxygen atoms in total. The molecule has 2 saturated carbocycles. The predicted molar refractivity (Wildman–Crippen MR) is 99.6 cm³/mol. The van der Waals surface area contributed by atoms with Gasteiger partial charge >= 0.3 is 0 Å². The van der Waals surface area contributed by atoms with Gasteiger partial charge in [-0.15, -0.1) is 0 Å². The number of ether oxygens (including phenoxy) is 1. The molecule has 0 saturated heterocycles. The van der Waals surface area contributed by atoms with Crippen LogP contribution in [0.2, 0.25) is 0 Å². The number of carbonyl (C=O) groups is 2. The first-order valence-electron chi connectivity index (χ1n) is 9.80. The van der Waals surface area contributed by atoms with Crippen LogP contribution in [0.3, 0.4) is 0 Å².